The van der Waals surface area contributed by atoms with Crippen molar-refractivity contribution in [2.75, 3.05) is 6.54 Å². The van der Waals surface area contributed by atoms with Gasteiger partial charge >= 0.3 is 0 Å². The van der Waals surface area contributed by atoms with E-state index in [1.807, 2.05) is 0 Å². The largest absolute Gasteiger partial charge is 0.393 e. The van der Waals surface area contributed by atoms with Gasteiger partial charge in [-0.15, -0.1) is 0 Å². The third kappa shape index (κ3) is 21.2. The van der Waals surface area contributed by atoms with Gasteiger partial charge in [0.15, 0.2) is 0 Å². The lowest BCUT2D eigenvalue weighted by Crippen LogP contribution is -2.15. The highest BCUT2D eigenvalue weighted by Crippen LogP contribution is 2.12. The van der Waals surface area contributed by atoms with Crippen LogP contribution in [-0.4, -0.2) is 24.2 Å². The summed E-state index contributed by atoms with van der Waals surface area (Å²) in [6, 6.07) is 0. The molecule has 0 aromatic carbocycles. The van der Waals surface area contributed by atoms with Gasteiger partial charge in [-0.2, -0.15) is 0 Å². The molecule has 3 heteroatoms. The quantitative estimate of drug-likeness (QED) is 0.142. The van der Waals surface area contributed by atoms with E-state index >= 15 is 0 Å². The van der Waals surface area contributed by atoms with Gasteiger partial charge in [-0.05, 0) is 44.9 Å². The Labute approximate surface area is 163 Å². The van der Waals surface area contributed by atoms with Crippen LogP contribution in [0.15, 0.2) is 12.2 Å². The molecule has 0 saturated carbocycles. The number of carbonyl (C=O) groups is 1. The van der Waals surface area contributed by atoms with Gasteiger partial charge in [0.25, 0.3) is 0 Å². The third-order valence-electron chi connectivity index (χ3n) is 4.99. The van der Waals surface area contributed by atoms with Crippen LogP contribution >= 0.6 is 0 Å². The van der Waals surface area contributed by atoms with Crippen molar-refractivity contribution >= 4 is 6.41 Å². The number of aliphatic hydroxyl groups is 1. The molecule has 0 fully saturated rings. The molecule has 2 N–H and O–H groups in total. The second-order valence-corrected chi connectivity index (χ2v) is 7.59. The summed E-state index contributed by atoms with van der Waals surface area (Å²) < 4.78 is 0. The van der Waals surface area contributed by atoms with Gasteiger partial charge in [0.2, 0.25) is 6.41 Å². The van der Waals surface area contributed by atoms with E-state index in [0.29, 0.717) is 6.54 Å². The molecule has 1 atom stereocenters. The molecule has 0 rings (SSSR count). The van der Waals surface area contributed by atoms with E-state index in [-0.39, 0.29) is 6.10 Å². The Morgan fingerprint density at radius 1 is 0.731 bits per heavy atom. The lowest BCUT2D eigenvalue weighted by molar-refractivity contribution is -0.109. The molecule has 1 unspecified atom stereocenters. The summed E-state index contributed by atoms with van der Waals surface area (Å²) in [7, 11) is 0. The number of hydrogen-bond donors (Lipinski definition) is 2. The minimum Gasteiger partial charge on any atom is -0.393 e. The van der Waals surface area contributed by atoms with Crippen LogP contribution in [0.2, 0.25) is 0 Å². The molecule has 0 aliphatic rings. The number of unbranched alkanes of at least 4 members (excludes halogenated alkanes) is 12. The summed E-state index contributed by atoms with van der Waals surface area (Å²) in [5.74, 6) is 0. The Kier molecular flexibility index (Phi) is 21.5. The maximum absolute atomic E-state index is 10.1. The van der Waals surface area contributed by atoms with Crippen LogP contribution in [0.3, 0.4) is 0 Å². The van der Waals surface area contributed by atoms with Crippen molar-refractivity contribution in [1.29, 1.82) is 0 Å². The van der Waals surface area contributed by atoms with Gasteiger partial charge in [0.05, 0.1) is 6.10 Å². The second-order valence-electron chi connectivity index (χ2n) is 7.59. The molecule has 0 bridgehead atoms. The zero-order chi connectivity index (χ0) is 19.1. The highest BCUT2D eigenvalue weighted by Gasteiger charge is 2.03. The molecule has 26 heavy (non-hydrogen) atoms. The van der Waals surface area contributed by atoms with Crippen LogP contribution in [0.1, 0.15) is 116 Å². The van der Waals surface area contributed by atoms with Gasteiger partial charge in [-0.3, -0.25) is 4.79 Å². The molecule has 0 aromatic rings. The molecular formula is C23H45NO2. The van der Waals surface area contributed by atoms with Crippen LogP contribution in [-0.2, 0) is 4.79 Å². The van der Waals surface area contributed by atoms with E-state index in [1.54, 1.807) is 0 Å². The van der Waals surface area contributed by atoms with Crippen LogP contribution in [0.5, 0.6) is 0 Å². The van der Waals surface area contributed by atoms with Crippen molar-refractivity contribution < 1.29 is 9.90 Å². The Hall–Kier alpha value is -0.830. The Morgan fingerprint density at radius 2 is 1.23 bits per heavy atom. The normalized spacial score (nSPS) is 12.5. The van der Waals surface area contributed by atoms with E-state index in [1.165, 1.54) is 83.5 Å². The van der Waals surface area contributed by atoms with Gasteiger partial charge in [0.1, 0.15) is 0 Å². The molecular weight excluding hydrogens is 322 g/mol. The van der Waals surface area contributed by atoms with Crippen LogP contribution < -0.4 is 5.32 Å². The summed E-state index contributed by atoms with van der Waals surface area (Å²) in [6.45, 7) is 2.95. The van der Waals surface area contributed by atoms with Crippen molar-refractivity contribution in [2.45, 2.75) is 122 Å². The molecule has 0 heterocycles. The smallest absolute Gasteiger partial charge is 0.207 e. The van der Waals surface area contributed by atoms with Crippen LogP contribution in [0.25, 0.3) is 0 Å². The first-order valence-corrected chi connectivity index (χ1v) is 11.3. The van der Waals surface area contributed by atoms with E-state index in [0.717, 1.165) is 32.1 Å². The number of aliphatic hydroxyl groups excluding tert-OH is 1. The summed E-state index contributed by atoms with van der Waals surface area (Å²) in [4.78, 5) is 10.1. The number of rotatable bonds is 21. The minimum absolute atomic E-state index is 0.194. The molecule has 0 spiro atoms. The molecule has 0 aliphatic carbocycles. The number of allylic oxidation sites excluding steroid dienone is 2. The van der Waals surface area contributed by atoms with Crippen LogP contribution in [0, 0.1) is 0 Å². The molecule has 0 saturated heterocycles. The maximum atomic E-state index is 10.1. The fourth-order valence-electron chi connectivity index (χ4n) is 3.27. The lowest BCUT2D eigenvalue weighted by atomic mass is 10.0. The van der Waals surface area contributed by atoms with Crippen molar-refractivity contribution in [1.82, 2.24) is 5.32 Å². The third-order valence-corrected chi connectivity index (χ3v) is 4.99. The molecule has 0 aliphatic heterocycles. The lowest BCUT2D eigenvalue weighted by Gasteiger charge is -2.09. The fraction of sp³-hybridized carbons (Fsp3) is 0.870. The minimum atomic E-state index is -0.194. The topological polar surface area (TPSA) is 49.3 Å². The summed E-state index contributed by atoms with van der Waals surface area (Å²) >= 11 is 0. The number of nitrogens with one attached hydrogen (secondary N) is 1. The maximum Gasteiger partial charge on any atom is 0.207 e. The number of amides is 1. The number of carbonyl (C=O) groups excluding carboxylic acids is 1. The Bertz CT molecular complexity index is 305. The summed E-state index contributed by atoms with van der Waals surface area (Å²) in [6.07, 6.45) is 26.3. The predicted octanol–water partition coefficient (Wildman–Crippen LogP) is 6.30. The SMILES string of the molecule is CCCCCCCC/C=C\CCCCCCCCC(O)CCCNC=O. The summed E-state index contributed by atoms with van der Waals surface area (Å²) in [5.41, 5.74) is 0. The monoisotopic (exact) mass is 367 g/mol. The van der Waals surface area contributed by atoms with Gasteiger partial charge in [0, 0.05) is 6.54 Å². The first kappa shape index (κ1) is 25.2. The number of hydrogen-bond acceptors (Lipinski definition) is 2. The van der Waals surface area contributed by atoms with E-state index in [2.05, 4.69) is 24.4 Å². The van der Waals surface area contributed by atoms with E-state index in [9.17, 15) is 9.90 Å². The first-order chi connectivity index (χ1) is 12.8. The molecule has 3 nitrogen and oxygen atoms in total. The average molecular weight is 368 g/mol. The van der Waals surface area contributed by atoms with Crippen molar-refractivity contribution in [3.05, 3.63) is 12.2 Å². The van der Waals surface area contributed by atoms with E-state index in [4.69, 9.17) is 0 Å². The van der Waals surface area contributed by atoms with Gasteiger partial charge < -0.3 is 10.4 Å². The molecule has 0 aromatic heterocycles. The predicted molar refractivity (Wildman–Crippen MR) is 113 cm³/mol. The average Bonchev–Trinajstić information content (AvgIpc) is 2.65. The van der Waals surface area contributed by atoms with Crippen LogP contribution in [0.4, 0.5) is 0 Å². The first-order valence-electron chi connectivity index (χ1n) is 11.3. The molecule has 154 valence electrons. The zero-order valence-corrected chi connectivity index (χ0v) is 17.4. The summed E-state index contributed by atoms with van der Waals surface area (Å²) in [5, 5.41) is 12.5. The second kappa shape index (κ2) is 22.2. The Balaban J connectivity index is 3.16. The van der Waals surface area contributed by atoms with E-state index < -0.39 is 0 Å². The van der Waals surface area contributed by atoms with Gasteiger partial charge in [-0.25, -0.2) is 0 Å². The molecule has 1 amide bonds. The standard InChI is InChI=1S/C23H45NO2/c1-2-3-4-5-6-7-8-9-10-11-12-13-14-15-16-17-19-23(26)20-18-21-24-22-25/h9-10,22-23,26H,2-8,11-21H2,1H3,(H,24,25)/b10-9-. The van der Waals surface area contributed by atoms with Crippen molar-refractivity contribution in [3.8, 4) is 0 Å². The van der Waals surface area contributed by atoms with Crippen molar-refractivity contribution in [2.24, 2.45) is 0 Å². The zero-order valence-electron chi connectivity index (χ0n) is 17.4. The fourth-order valence-corrected chi connectivity index (χ4v) is 3.27. The molecule has 0 radical (unpaired) electrons. The van der Waals surface area contributed by atoms with Crippen molar-refractivity contribution in [3.63, 3.8) is 0 Å². The van der Waals surface area contributed by atoms with Gasteiger partial charge in [-0.1, -0.05) is 83.3 Å². The highest BCUT2D eigenvalue weighted by molar-refractivity contribution is 5.45. The Morgan fingerprint density at radius 3 is 1.81 bits per heavy atom. The highest BCUT2D eigenvalue weighted by atomic mass is 16.3.